The topological polar surface area (TPSA) is 58.4 Å². The monoisotopic (exact) mass is 263 g/mol. The van der Waals surface area contributed by atoms with Crippen molar-refractivity contribution in [2.24, 2.45) is 0 Å². The Morgan fingerprint density at radius 3 is 2.89 bits per heavy atom. The van der Waals surface area contributed by atoms with E-state index in [4.69, 9.17) is 0 Å². The number of benzene rings is 1. The SMILES string of the molecule is CCNc1cc(CN2CCCC2C)ccc1[N+](=O)[O-]. The van der Waals surface area contributed by atoms with Gasteiger partial charge in [-0.15, -0.1) is 0 Å². The van der Waals surface area contributed by atoms with Crippen LogP contribution in [0.2, 0.25) is 0 Å². The Labute approximate surface area is 113 Å². The van der Waals surface area contributed by atoms with Crippen LogP contribution in [0.25, 0.3) is 0 Å². The lowest BCUT2D eigenvalue weighted by molar-refractivity contribution is -0.384. The highest BCUT2D eigenvalue weighted by atomic mass is 16.6. The Bertz CT molecular complexity index is 462. The summed E-state index contributed by atoms with van der Waals surface area (Å²) in [4.78, 5) is 13.1. The van der Waals surface area contributed by atoms with Crippen LogP contribution in [-0.2, 0) is 6.54 Å². The van der Waals surface area contributed by atoms with Gasteiger partial charge in [0.05, 0.1) is 4.92 Å². The van der Waals surface area contributed by atoms with Crippen molar-refractivity contribution >= 4 is 11.4 Å². The van der Waals surface area contributed by atoms with E-state index >= 15 is 0 Å². The number of hydrogen-bond acceptors (Lipinski definition) is 4. The summed E-state index contributed by atoms with van der Waals surface area (Å²) in [6, 6.07) is 5.99. The van der Waals surface area contributed by atoms with Crippen LogP contribution in [0.4, 0.5) is 11.4 Å². The Morgan fingerprint density at radius 1 is 1.53 bits per heavy atom. The molecule has 1 fully saturated rings. The summed E-state index contributed by atoms with van der Waals surface area (Å²) in [6.07, 6.45) is 2.49. The van der Waals surface area contributed by atoms with Gasteiger partial charge in [-0.25, -0.2) is 0 Å². The Morgan fingerprint density at radius 2 is 2.32 bits per heavy atom. The molecule has 0 aromatic heterocycles. The van der Waals surface area contributed by atoms with Crippen molar-refractivity contribution < 1.29 is 4.92 Å². The summed E-state index contributed by atoms with van der Waals surface area (Å²) in [5, 5.41) is 14.0. The maximum absolute atomic E-state index is 11.0. The first-order valence-corrected chi connectivity index (χ1v) is 6.87. The van der Waals surface area contributed by atoms with Gasteiger partial charge in [-0.05, 0) is 44.9 Å². The number of hydrogen-bond donors (Lipinski definition) is 1. The van der Waals surface area contributed by atoms with Crippen molar-refractivity contribution in [1.29, 1.82) is 0 Å². The van der Waals surface area contributed by atoms with E-state index in [1.54, 1.807) is 6.07 Å². The molecule has 5 nitrogen and oxygen atoms in total. The van der Waals surface area contributed by atoms with Crippen molar-refractivity contribution in [1.82, 2.24) is 4.90 Å². The van der Waals surface area contributed by atoms with Gasteiger partial charge in [0.2, 0.25) is 0 Å². The highest BCUT2D eigenvalue weighted by Gasteiger charge is 2.21. The van der Waals surface area contributed by atoms with E-state index in [2.05, 4.69) is 17.1 Å². The minimum absolute atomic E-state index is 0.153. The van der Waals surface area contributed by atoms with Crippen LogP contribution in [0.15, 0.2) is 18.2 Å². The van der Waals surface area contributed by atoms with Gasteiger partial charge in [-0.1, -0.05) is 6.07 Å². The van der Waals surface area contributed by atoms with Crippen LogP contribution in [0.3, 0.4) is 0 Å². The minimum Gasteiger partial charge on any atom is -0.380 e. The van der Waals surface area contributed by atoms with E-state index < -0.39 is 0 Å². The van der Waals surface area contributed by atoms with Gasteiger partial charge in [0.1, 0.15) is 5.69 Å². The fourth-order valence-electron chi connectivity index (χ4n) is 2.63. The van der Waals surface area contributed by atoms with E-state index in [9.17, 15) is 10.1 Å². The summed E-state index contributed by atoms with van der Waals surface area (Å²) in [7, 11) is 0. The second-order valence-corrected chi connectivity index (χ2v) is 5.10. The van der Waals surface area contributed by atoms with Gasteiger partial charge in [0.15, 0.2) is 0 Å². The first-order valence-electron chi connectivity index (χ1n) is 6.87. The molecule has 0 amide bonds. The van der Waals surface area contributed by atoms with E-state index in [0.717, 1.165) is 18.7 Å². The van der Waals surface area contributed by atoms with Crippen LogP contribution in [0.1, 0.15) is 32.3 Å². The highest BCUT2D eigenvalue weighted by Crippen LogP contribution is 2.27. The molecule has 1 unspecified atom stereocenters. The third-order valence-corrected chi connectivity index (χ3v) is 3.70. The first-order chi connectivity index (χ1) is 9.11. The van der Waals surface area contributed by atoms with Crippen LogP contribution in [0, 0.1) is 10.1 Å². The molecule has 104 valence electrons. The van der Waals surface area contributed by atoms with Crippen LogP contribution < -0.4 is 5.32 Å². The molecular weight excluding hydrogens is 242 g/mol. The number of nitro benzene ring substituents is 1. The molecule has 1 aliphatic heterocycles. The number of anilines is 1. The van der Waals surface area contributed by atoms with Gasteiger partial charge >= 0.3 is 0 Å². The zero-order valence-electron chi connectivity index (χ0n) is 11.6. The minimum atomic E-state index is -0.333. The quantitative estimate of drug-likeness (QED) is 0.655. The van der Waals surface area contributed by atoms with E-state index in [1.165, 1.54) is 12.8 Å². The molecule has 1 N–H and O–H groups in total. The Hall–Kier alpha value is -1.62. The molecule has 1 saturated heterocycles. The van der Waals surface area contributed by atoms with Gasteiger partial charge in [0.25, 0.3) is 5.69 Å². The number of likely N-dealkylation sites (tertiary alicyclic amines) is 1. The molecule has 5 heteroatoms. The van der Waals surface area contributed by atoms with Crippen molar-refractivity contribution in [2.75, 3.05) is 18.4 Å². The summed E-state index contributed by atoms with van der Waals surface area (Å²) < 4.78 is 0. The molecule has 2 rings (SSSR count). The fourth-order valence-corrected chi connectivity index (χ4v) is 2.63. The number of nitrogens with one attached hydrogen (secondary N) is 1. The van der Waals surface area contributed by atoms with Crippen molar-refractivity contribution in [3.63, 3.8) is 0 Å². The largest absolute Gasteiger partial charge is 0.380 e. The number of nitro groups is 1. The molecule has 0 aliphatic carbocycles. The molecule has 19 heavy (non-hydrogen) atoms. The second kappa shape index (κ2) is 6.02. The van der Waals surface area contributed by atoms with Crippen molar-refractivity contribution in [3.05, 3.63) is 33.9 Å². The van der Waals surface area contributed by atoms with Gasteiger partial charge < -0.3 is 5.32 Å². The number of rotatable bonds is 5. The van der Waals surface area contributed by atoms with Gasteiger partial charge in [-0.3, -0.25) is 15.0 Å². The highest BCUT2D eigenvalue weighted by molar-refractivity contribution is 5.62. The zero-order chi connectivity index (χ0) is 13.8. The Kier molecular flexibility index (Phi) is 4.37. The normalized spacial score (nSPS) is 19.6. The maximum atomic E-state index is 11.0. The molecule has 1 aromatic rings. The molecule has 1 aromatic carbocycles. The molecule has 0 bridgehead atoms. The molecule has 1 atom stereocenters. The first kappa shape index (κ1) is 13.8. The van der Waals surface area contributed by atoms with Crippen LogP contribution in [0.5, 0.6) is 0 Å². The lowest BCUT2D eigenvalue weighted by atomic mass is 10.1. The van der Waals surface area contributed by atoms with E-state index in [0.29, 0.717) is 18.3 Å². The second-order valence-electron chi connectivity index (χ2n) is 5.10. The third kappa shape index (κ3) is 3.23. The smallest absolute Gasteiger partial charge is 0.292 e. The average Bonchev–Trinajstić information content (AvgIpc) is 2.75. The lowest BCUT2D eigenvalue weighted by Gasteiger charge is -2.21. The zero-order valence-corrected chi connectivity index (χ0v) is 11.6. The Balaban J connectivity index is 2.17. The summed E-state index contributed by atoms with van der Waals surface area (Å²) in [5.41, 5.74) is 1.91. The predicted molar refractivity (Wildman–Crippen MR) is 76.4 cm³/mol. The van der Waals surface area contributed by atoms with E-state index in [1.807, 2.05) is 19.1 Å². The van der Waals surface area contributed by atoms with Crippen LogP contribution >= 0.6 is 0 Å². The molecule has 1 heterocycles. The molecule has 0 spiro atoms. The van der Waals surface area contributed by atoms with Gasteiger partial charge in [0, 0.05) is 25.2 Å². The predicted octanol–water partition coefficient (Wildman–Crippen LogP) is 3.01. The molecule has 0 radical (unpaired) electrons. The average molecular weight is 263 g/mol. The molecular formula is C14H21N3O2. The van der Waals surface area contributed by atoms with Crippen molar-refractivity contribution in [3.8, 4) is 0 Å². The number of nitrogens with zero attached hydrogens (tertiary/aromatic N) is 2. The lowest BCUT2D eigenvalue weighted by Crippen LogP contribution is -2.26. The molecule has 0 saturated carbocycles. The fraction of sp³-hybridized carbons (Fsp3) is 0.571. The van der Waals surface area contributed by atoms with Crippen LogP contribution in [-0.4, -0.2) is 29.0 Å². The van der Waals surface area contributed by atoms with E-state index in [-0.39, 0.29) is 10.6 Å². The summed E-state index contributed by atoms with van der Waals surface area (Å²) >= 11 is 0. The third-order valence-electron chi connectivity index (χ3n) is 3.70. The molecule has 1 aliphatic rings. The maximum Gasteiger partial charge on any atom is 0.292 e. The van der Waals surface area contributed by atoms with Gasteiger partial charge in [-0.2, -0.15) is 0 Å². The van der Waals surface area contributed by atoms with Crippen molar-refractivity contribution in [2.45, 2.75) is 39.3 Å². The standard InChI is InChI=1S/C14H21N3O2/c1-3-15-13-9-12(6-7-14(13)17(18)19)10-16-8-4-5-11(16)2/h6-7,9,11,15H,3-5,8,10H2,1-2H3. The summed E-state index contributed by atoms with van der Waals surface area (Å²) in [6.45, 7) is 6.86. The summed E-state index contributed by atoms with van der Waals surface area (Å²) in [5.74, 6) is 0.